The average Bonchev–Trinajstić information content (AvgIpc) is 2.82. The largest absolute Gasteiger partial charge is 0.482 e. The minimum atomic E-state index is -0.410. The van der Waals surface area contributed by atoms with Crippen molar-refractivity contribution in [2.75, 3.05) is 0 Å². The van der Waals surface area contributed by atoms with Crippen molar-refractivity contribution in [1.82, 2.24) is 4.98 Å². The molecule has 1 unspecified atom stereocenters. The van der Waals surface area contributed by atoms with E-state index in [1.54, 1.807) is 12.3 Å². The predicted octanol–water partition coefficient (Wildman–Crippen LogP) is 2.58. The van der Waals surface area contributed by atoms with Crippen LogP contribution in [0, 0.1) is 6.92 Å². The molecule has 1 aliphatic rings. The number of fused-ring (bicyclic) bond motifs is 1. The molecule has 1 atom stereocenters. The lowest BCUT2D eigenvalue weighted by Crippen LogP contribution is -2.25. The highest BCUT2D eigenvalue weighted by atomic mass is 16.5. The maximum Gasteiger partial charge on any atom is 0.205 e. The van der Waals surface area contributed by atoms with Crippen LogP contribution < -0.4 is 4.74 Å². The van der Waals surface area contributed by atoms with Gasteiger partial charge in [0.05, 0.1) is 0 Å². The molecule has 1 aromatic heterocycles. The number of hydrogen-bond donors (Lipinski definition) is 0. The van der Waals surface area contributed by atoms with Gasteiger partial charge in [-0.3, -0.25) is 9.78 Å². The van der Waals surface area contributed by atoms with Crippen LogP contribution in [0.15, 0.2) is 42.6 Å². The van der Waals surface area contributed by atoms with Crippen LogP contribution in [0.3, 0.4) is 0 Å². The number of carbonyl (C=O) groups excluding carboxylic acids is 1. The second-order valence-corrected chi connectivity index (χ2v) is 4.47. The zero-order valence-corrected chi connectivity index (χ0v) is 10.1. The third-order valence-electron chi connectivity index (χ3n) is 3.14. The maximum absolute atomic E-state index is 12.3. The summed E-state index contributed by atoms with van der Waals surface area (Å²) in [7, 11) is 0. The SMILES string of the molecule is Cc1ccc(C(=O)C2Cc3ccccc3O2)cn1. The number of carbonyl (C=O) groups is 1. The molecule has 0 saturated carbocycles. The maximum atomic E-state index is 12.3. The van der Waals surface area contributed by atoms with Gasteiger partial charge in [-0.2, -0.15) is 0 Å². The van der Waals surface area contributed by atoms with Gasteiger partial charge in [0, 0.05) is 23.9 Å². The van der Waals surface area contributed by atoms with Crippen LogP contribution in [-0.4, -0.2) is 16.9 Å². The Bertz CT molecular complexity index is 565. The molecule has 18 heavy (non-hydrogen) atoms. The highest BCUT2D eigenvalue weighted by Crippen LogP contribution is 2.29. The summed E-state index contributed by atoms with van der Waals surface area (Å²) in [5, 5.41) is 0. The Morgan fingerprint density at radius 1 is 1.28 bits per heavy atom. The molecule has 1 aliphatic heterocycles. The number of Topliss-reactive ketones (excluding diaryl/α,β-unsaturated/α-hetero) is 1. The number of rotatable bonds is 2. The van der Waals surface area contributed by atoms with E-state index in [4.69, 9.17) is 4.74 Å². The number of aromatic nitrogens is 1. The second-order valence-electron chi connectivity index (χ2n) is 4.47. The summed E-state index contributed by atoms with van der Waals surface area (Å²) in [5.41, 5.74) is 2.61. The van der Waals surface area contributed by atoms with Gasteiger partial charge in [0.2, 0.25) is 5.78 Å². The zero-order valence-electron chi connectivity index (χ0n) is 10.1. The number of ketones is 1. The third-order valence-corrected chi connectivity index (χ3v) is 3.14. The van der Waals surface area contributed by atoms with Crippen LogP contribution in [0.1, 0.15) is 21.6 Å². The predicted molar refractivity (Wildman–Crippen MR) is 67.9 cm³/mol. The van der Waals surface area contributed by atoms with Crippen molar-refractivity contribution in [3.8, 4) is 5.75 Å². The van der Waals surface area contributed by atoms with Gasteiger partial charge in [-0.1, -0.05) is 18.2 Å². The molecule has 0 aliphatic carbocycles. The number of ether oxygens (including phenoxy) is 1. The summed E-state index contributed by atoms with van der Waals surface area (Å²) in [6.07, 6.45) is 1.85. The van der Waals surface area contributed by atoms with Crippen molar-refractivity contribution in [1.29, 1.82) is 0 Å². The highest BCUT2D eigenvalue weighted by molar-refractivity contribution is 6.00. The van der Waals surface area contributed by atoms with E-state index in [1.165, 1.54) is 0 Å². The number of pyridine rings is 1. The quantitative estimate of drug-likeness (QED) is 0.756. The van der Waals surface area contributed by atoms with E-state index in [0.29, 0.717) is 12.0 Å². The van der Waals surface area contributed by atoms with Crippen molar-refractivity contribution in [2.45, 2.75) is 19.4 Å². The summed E-state index contributed by atoms with van der Waals surface area (Å²) in [6.45, 7) is 1.90. The van der Waals surface area contributed by atoms with E-state index in [0.717, 1.165) is 17.0 Å². The van der Waals surface area contributed by atoms with E-state index < -0.39 is 6.10 Å². The minimum absolute atomic E-state index is 0.00120. The van der Waals surface area contributed by atoms with Crippen molar-refractivity contribution in [3.63, 3.8) is 0 Å². The molecule has 0 saturated heterocycles. The smallest absolute Gasteiger partial charge is 0.205 e. The van der Waals surface area contributed by atoms with Gasteiger partial charge in [-0.05, 0) is 30.7 Å². The van der Waals surface area contributed by atoms with E-state index in [2.05, 4.69) is 4.98 Å². The fourth-order valence-corrected chi connectivity index (χ4v) is 2.13. The fraction of sp³-hybridized carbons (Fsp3) is 0.200. The van der Waals surface area contributed by atoms with Crippen molar-refractivity contribution < 1.29 is 9.53 Å². The molecule has 3 rings (SSSR count). The standard InChI is InChI=1S/C15H13NO2/c1-10-6-7-12(9-16-10)15(17)14-8-11-4-2-3-5-13(11)18-14/h2-7,9,14H,8H2,1H3. The molecule has 0 amide bonds. The van der Waals surface area contributed by atoms with Crippen LogP contribution in [0.25, 0.3) is 0 Å². The number of para-hydroxylation sites is 1. The van der Waals surface area contributed by atoms with E-state index >= 15 is 0 Å². The van der Waals surface area contributed by atoms with Crippen molar-refractivity contribution in [3.05, 3.63) is 59.4 Å². The monoisotopic (exact) mass is 239 g/mol. The van der Waals surface area contributed by atoms with E-state index in [9.17, 15) is 4.79 Å². The second kappa shape index (κ2) is 4.26. The number of hydrogen-bond acceptors (Lipinski definition) is 3. The summed E-state index contributed by atoms with van der Waals surface area (Å²) in [4.78, 5) is 16.4. The fourth-order valence-electron chi connectivity index (χ4n) is 2.13. The normalized spacial score (nSPS) is 17.1. The van der Waals surface area contributed by atoms with Crippen LogP contribution >= 0.6 is 0 Å². The van der Waals surface area contributed by atoms with Gasteiger partial charge in [-0.15, -0.1) is 0 Å². The molecule has 0 N–H and O–H groups in total. The molecule has 0 radical (unpaired) electrons. The number of nitrogens with zero attached hydrogens (tertiary/aromatic N) is 1. The molecule has 0 spiro atoms. The van der Waals surface area contributed by atoms with E-state index in [-0.39, 0.29) is 5.78 Å². The topological polar surface area (TPSA) is 39.2 Å². The molecule has 1 aromatic carbocycles. The van der Waals surface area contributed by atoms with Crippen LogP contribution in [-0.2, 0) is 6.42 Å². The summed E-state index contributed by atoms with van der Waals surface area (Å²) >= 11 is 0. The summed E-state index contributed by atoms with van der Waals surface area (Å²) in [5.74, 6) is 0.814. The lowest BCUT2D eigenvalue weighted by molar-refractivity contribution is 0.0824. The Kier molecular flexibility index (Phi) is 2.59. The molecule has 2 aromatic rings. The van der Waals surface area contributed by atoms with E-state index in [1.807, 2.05) is 37.3 Å². The first-order valence-corrected chi connectivity index (χ1v) is 5.95. The Labute approximate surface area is 105 Å². The molecule has 0 bridgehead atoms. The van der Waals surface area contributed by atoms with Gasteiger partial charge in [0.15, 0.2) is 6.10 Å². The number of aryl methyl sites for hydroxylation is 1. The number of benzene rings is 1. The lowest BCUT2D eigenvalue weighted by Gasteiger charge is -2.09. The molecule has 90 valence electrons. The van der Waals surface area contributed by atoms with Crippen LogP contribution in [0.5, 0.6) is 5.75 Å². The molecule has 3 heteroatoms. The van der Waals surface area contributed by atoms with Gasteiger partial charge in [-0.25, -0.2) is 0 Å². The lowest BCUT2D eigenvalue weighted by atomic mass is 10.0. The first-order valence-electron chi connectivity index (χ1n) is 5.95. The van der Waals surface area contributed by atoms with Gasteiger partial charge in [0.1, 0.15) is 5.75 Å². The van der Waals surface area contributed by atoms with Crippen molar-refractivity contribution in [2.24, 2.45) is 0 Å². The Balaban J connectivity index is 1.82. The van der Waals surface area contributed by atoms with Gasteiger partial charge in [0.25, 0.3) is 0 Å². The Hall–Kier alpha value is -2.16. The minimum Gasteiger partial charge on any atom is -0.482 e. The first kappa shape index (κ1) is 11.0. The average molecular weight is 239 g/mol. The third kappa shape index (κ3) is 1.88. The van der Waals surface area contributed by atoms with Crippen molar-refractivity contribution >= 4 is 5.78 Å². The molecule has 2 heterocycles. The Morgan fingerprint density at radius 2 is 2.11 bits per heavy atom. The summed E-state index contributed by atoms with van der Waals surface area (Å²) in [6, 6.07) is 11.4. The summed E-state index contributed by atoms with van der Waals surface area (Å²) < 4.78 is 5.68. The highest BCUT2D eigenvalue weighted by Gasteiger charge is 2.29. The Morgan fingerprint density at radius 3 is 2.83 bits per heavy atom. The zero-order chi connectivity index (χ0) is 12.5. The molecule has 3 nitrogen and oxygen atoms in total. The van der Waals surface area contributed by atoms with Gasteiger partial charge >= 0.3 is 0 Å². The first-order chi connectivity index (χ1) is 8.74. The van der Waals surface area contributed by atoms with Gasteiger partial charge < -0.3 is 4.74 Å². The van der Waals surface area contributed by atoms with Crippen LogP contribution in [0.2, 0.25) is 0 Å². The van der Waals surface area contributed by atoms with Crippen LogP contribution in [0.4, 0.5) is 0 Å². The molecule has 0 fully saturated rings. The molecular formula is C15H13NO2. The molecular weight excluding hydrogens is 226 g/mol.